The number of nitrogens with two attached hydrogens (primary N) is 2. The summed E-state index contributed by atoms with van der Waals surface area (Å²) in [7, 11) is 0. The molecule has 0 aliphatic carbocycles. The van der Waals surface area contributed by atoms with Crippen molar-refractivity contribution in [2.75, 3.05) is 0 Å². The third-order valence-electron chi connectivity index (χ3n) is 2.93. The molecule has 1 aromatic rings. The number of urea groups is 1. The number of rotatable bonds is 1. The fraction of sp³-hybridized carbons (Fsp3) is 0.0833. The zero-order chi connectivity index (χ0) is 15.7. The standard InChI is InChI=1S/C12H12N6O3/c13-10(14)17-8(19)7(6-4-2-1-3-5-6)9(20)18(11(15)16)12(17)21/h1-5,7H,(H3,13,14)(H3,15,16). The minimum Gasteiger partial charge on any atom is -0.369 e. The number of carbonyl (C=O) groups is 3. The van der Waals surface area contributed by atoms with Gasteiger partial charge in [0.25, 0.3) is 11.8 Å². The van der Waals surface area contributed by atoms with E-state index in [-0.39, 0.29) is 0 Å². The van der Waals surface area contributed by atoms with Crippen molar-refractivity contribution in [3.8, 4) is 0 Å². The number of hydrogen-bond donors (Lipinski definition) is 4. The van der Waals surface area contributed by atoms with E-state index in [2.05, 4.69) is 0 Å². The second kappa shape index (κ2) is 5.04. The van der Waals surface area contributed by atoms with E-state index in [4.69, 9.17) is 22.3 Å². The molecule has 1 fully saturated rings. The Morgan fingerprint density at radius 1 is 0.905 bits per heavy atom. The van der Waals surface area contributed by atoms with Crippen LogP contribution in [0.25, 0.3) is 0 Å². The normalized spacial score (nSPS) is 18.9. The smallest absolute Gasteiger partial charge is 0.347 e. The van der Waals surface area contributed by atoms with Gasteiger partial charge in [0.1, 0.15) is 5.92 Å². The zero-order valence-electron chi connectivity index (χ0n) is 10.7. The molecule has 108 valence electrons. The highest BCUT2D eigenvalue weighted by Crippen LogP contribution is 2.26. The maximum Gasteiger partial charge on any atom is 0.347 e. The number of nitrogens with zero attached hydrogens (tertiary/aromatic N) is 2. The third kappa shape index (κ3) is 2.20. The first-order valence-electron chi connectivity index (χ1n) is 5.81. The lowest BCUT2D eigenvalue weighted by molar-refractivity contribution is -0.140. The summed E-state index contributed by atoms with van der Waals surface area (Å²) in [5.41, 5.74) is 10.7. The van der Waals surface area contributed by atoms with Crippen molar-refractivity contribution in [1.29, 1.82) is 10.8 Å². The van der Waals surface area contributed by atoms with E-state index in [1.165, 1.54) is 12.1 Å². The topological polar surface area (TPSA) is 157 Å². The van der Waals surface area contributed by atoms with Crippen LogP contribution < -0.4 is 11.5 Å². The molecule has 0 unspecified atom stereocenters. The van der Waals surface area contributed by atoms with Gasteiger partial charge in [-0.2, -0.15) is 9.80 Å². The van der Waals surface area contributed by atoms with Gasteiger partial charge < -0.3 is 11.5 Å². The van der Waals surface area contributed by atoms with Gasteiger partial charge in [-0.1, -0.05) is 30.3 Å². The maximum absolute atomic E-state index is 12.3. The first-order valence-corrected chi connectivity index (χ1v) is 5.81. The van der Waals surface area contributed by atoms with Gasteiger partial charge >= 0.3 is 6.03 Å². The number of barbiturate groups is 1. The molecule has 0 aromatic heterocycles. The number of benzene rings is 1. The van der Waals surface area contributed by atoms with E-state index in [1.807, 2.05) is 0 Å². The Morgan fingerprint density at radius 2 is 1.33 bits per heavy atom. The van der Waals surface area contributed by atoms with Crippen LogP contribution in [0.3, 0.4) is 0 Å². The van der Waals surface area contributed by atoms with Crippen molar-refractivity contribution in [2.45, 2.75) is 5.92 Å². The molecule has 0 saturated carbocycles. The van der Waals surface area contributed by atoms with E-state index in [0.717, 1.165) is 0 Å². The van der Waals surface area contributed by atoms with E-state index >= 15 is 0 Å². The lowest BCUT2D eigenvalue weighted by Gasteiger charge is -2.34. The summed E-state index contributed by atoms with van der Waals surface area (Å²) in [4.78, 5) is 37.2. The fourth-order valence-electron chi connectivity index (χ4n) is 2.03. The number of hydrogen-bond acceptors (Lipinski definition) is 5. The van der Waals surface area contributed by atoms with Crippen molar-refractivity contribution in [3.63, 3.8) is 0 Å². The number of nitrogens with one attached hydrogen (secondary N) is 2. The molecule has 1 aliphatic heterocycles. The van der Waals surface area contributed by atoms with Crippen LogP contribution in [0.4, 0.5) is 4.79 Å². The second-order valence-corrected chi connectivity index (χ2v) is 4.24. The average molecular weight is 288 g/mol. The Labute approximate surface area is 119 Å². The molecular formula is C12H12N6O3. The lowest BCUT2D eigenvalue weighted by atomic mass is 9.94. The minimum atomic E-state index is -1.38. The molecule has 1 heterocycles. The fourth-order valence-corrected chi connectivity index (χ4v) is 2.03. The summed E-state index contributed by atoms with van der Waals surface area (Å²) in [6.07, 6.45) is 0. The molecular weight excluding hydrogens is 276 g/mol. The van der Waals surface area contributed by atoms with Crippen LogP contribution in [0.2, 0.25) is 0 Å². The third-order valence-corrected chi connectivity index (χ3v) is 2.93. The van der Waals surface area contributed by atoms with Gasteiger partial charge in [-0.15, -0.1) is 0 Å². The highest BCUT2D eigenvalue weighted by atomic mass is 16.2. The van der Waals surface area contributed by atoms with Crippen molar-refractivity contribution in [1.82, 2.24) is 9.80 Å². The molecule has 9 heteroatoms. The molecule has 0 bridgehead atoms. The first-order chi connectivity index (χ1) is 9.86. The summed E-state index contributed by atoms with van der Waals surface area (Å²) in [6.45, 7) is 0. The molecule has 6 N–H and O–H groups in total. The maximum atomic E-state index is 12.3. The van der Waals surface area contributed by atoms with Gasteiger partial charge in [0.2, 0.25) is 11.9 Å². The predicted molar refractivity (Wildman–Crippen MR) is 72.1 cm³/mol. The molecule has 0 radical (unpaired) electrons. The van der Waals surface area contributed by atoms with E-state index in [0.29, 0.717) is 15.4 Å². The molecule has 0 spiro atoms. The molecule has 1 aliphatic rings. The molecule has 1 aromatic carbocycles. The number of carbonyl (C=O) groups excluding carboxylic acids is 3. The molecule has 1 saturated heterocycles. The van der Waals surface area contributed by atoms with Gasteiger partial charge in [0.15, 0.2) is 0 Å². The van der Waals surface area contributed by atoms with Gasteiger partial charge in [-0.25, -0.2) is 4.79 Å². The zero-order valence-corrected chi connectivity index (χ0v) is 10.7. The summed E-state index contributed by atoms with van der Waals surface area (Å²) in [5.74, 6) is -4.95. The van der Waals surface area contributed by atoms with Crippen LogP contribution in [0.1, 0.15) is 11.5 Å². The van der Waals surface area contributed by atoms with E-state index in [9.17, 15) is 14.4 Å². The number of guanidine groups is 2. The van der Waals surface area contributed by atoms with Crippen molar-refractivity contribution in [2.24, 2.45) is 11.5 Å². The molecule has 21 heavy (non-hydrogen) atoms. The van der Waals surface area contributed by atoms with Crippen molar-refractivity contribution < 1.29 is 14.4 Å². The first kappa shape index (κ1) is 14.2. The van der Waals surface area contributed by atoms with Crippen molar-refractivity contribution >= 4 is 29.8 Å². The Bertz CT molecular complexity index is 620. The Morgan fingerprint density at radius 3 is 1.71 bits per heavy atom. The highest BCUT2D eigenvalue weighted by molar-refractivity contribution is 6.30. The van der Waals surface area contributed by atoms with Gasteiger partial charge in [-0.3, -0.25) is 20.4 Å². The summed E-state index contributed by atoms with van der Waals surface area (Å²) in [5, 5.41) is 14.6. The summed E-state index contributed by atoms with van der Waals surface area (Å²) < 4.78 is 0. The largest absolute Gasteiger partial charge is 0.369 e. The molecule has 2 rings (SSSR count). The highest BCUT2D eigenvalue weighted by Gasteiger charge is 2.49. The van der Waals surface area contributed by atoms with Crippen LogP contribution in [0.5, 0.6) is 0 Å². The second-order valence-electron chi connectivity index (χ2n) is 4.24. The van der Waals surface area contributed by atoms with Crippen LogP contribution in [-0.2, 0) is 9.59 Å². The van der Waals surface area contributed by atoms with Crippen molar-refractivity contribution in [3.05, 3.63) is 35.9 Å². The van der Waals surface area contributed by atoms with Crippen LogP contribution in [0.15, 0.2) is 30.3 Å². The van der Waals surface area contributed by atoms with Crippen LogP contribution >= 0.6 is 0 Å². The summed E-state index contributed by atoms with van der Waals surface area (Å²) >= 11 is 0. The Hall–Kier alpha value is -3.23. The summed E-state index contributed by atoms with van der Waals surface area (Å²) in [6, 6.07) is 6.74. The average Bonchev–Trinajstić information content (AvgIpc) is 2.38. The lowest BCUT2D eigenvalue weighted by Crippen LogP contribution is -2.64. The predicted octanol–water partition coefficient (Wildman–Crippen LogP) is -0.652. The van der Waals surface area contributed by atoms with E-state index in [1.54, 1.807) is 18.2 Å². The number of imide groups is 2. The minimum absolute atomic E-state index is 0.317. The van der Waals surface area contributed by atoms with Gasteiger partial charge in [-0.05, 0) is 5.56 Å². The Kier molecular flexibility index (Phi) is 3.40. The monoisotopic (exact) mass is 288 g/mol. The molecule has 4 amide bonds. The van der Waals surface area contributed by atoms with E-state index < -0.39 is 35.7 Å². The van der Waals surface area contributed by atoms with Crippen LogP contribution in [-0.4, -0.2) is 39.6 Å². The molecule has 9 nitrogen and oxygen atoms in total. The number of amides is 4. The quantitative estimate of drug-likeness (QED) is 0.306. The SMILES string of the molecule is N=C(N)N1C(=O)C(c2ccccc2)C(=O)N(C(=N)N)C1=O. The Balaban J connectivity index is 2.56. The van der Waals surface area contributed by atoms with Gasteiger partial charge in [0.05, 0.1) is 0 Å². The molecule has 0 atom stereocenters. The van der Waals surface area contributed by atoms with Gasteiger partial charge in [0, 0.05) is 0 Å². The van der Waals surface area contributed by atoms with Crippen LogP contribution in [0, 0.1) is 10.8 Å².